The number of aliphatic imine (C=N–C) groups is 1. The molecule has 1 aromatic carbocycles. The molecule has 1 aliphatic rings. The first-order chi connectivity index (χ1) is 12.7. The van der Waals surface area contributed by atoms with Crippen molar-refractivity contribution in [3.63, 3.8) is 0 Å². The van der Waals surface area contributed by atoms with Crippen LogP contribution in [0.1, 0.15) is 24.9 Å². The van der Waals surface area contributed by atoms with Gasteiger partial charge >= 0.3 is 0 Å². The van der Waals surface area contributed by atoms with Gasteiger partial charge in [0.2, 0.25) is 0 Å². The van der Waals surface area contributed by atoms with Crippen LogP contribution in [0.3, 0.4) is 0 Å². The van der Waals surface area contributed by atoms with Crippen LogP contribution >= 0.6 is 0 Å². The third-order valence-electron chi connectivity index (χ3n) is 4.76. The molecule has 0 bridgehead atoms. The predicted octanol–water partition coefficient (Wildman–Crippen LogP) is 1.57. The first-order valence-corrected chi connectivity index (χ1v) is 9.74. The zero-order valence-electron chi connectivity index (χ0n) is 16.6. The van der Waals surface area contributed by atoms with Crippen molar-refractivity contribution in [2.24, 2.45) is 4.99 Å². The van der Waals surface area contributed by atoms with Crippen molar-refractivity contribution in [1.29, 1.82) is 0 Å². The minimum absolute atomic E-state index is 0.485. The van der Waals surface area contributed by atoms with Gasteiger partial charge in [-0.3, -0.25) is 9.89 Å². The molecule has 1 saturated heterocycles. The van der Waals surface area contributed by atoms with Crippen LogP contribution in [-0.2, 0) is 4.74 Å². The van der Waals surface area contributed by atoms with Crippen LogP contribution in [0.25, 0.3) is 0 Å². The lowest BCUT2D eigenvalue weighted by Crippen LogP contribution is -2.47. The zero-order valence-corrected chi connectivity index (χ0v) is 16.6. The van der Waals surface area contributed by atoms with Gasteiger partial charge in [-0.1, -0.05) is 30.3 Å². The van der Waals surface area contributed by atoms with Gasteiger partial charge in [0, 0.05) is 59.0 Å². The summed E-state index contributed by atoms with van der Waals surface area (Å²) >= 11 is 0. The maximum absolute atomic E-state index is 5.34. The summed E-state index contributed by atoms with van der Waals surface area (Å²) in [5.41, 5.74) is 1.42. The molecule has 0 radical (unpaired) electrons. The SMILES string of the molecule is CCOCCNC(=NC)NCCCN1CCN(C)CC1c1ccccc1. The average molecular weight is 362 g/mol. The number of likely N-dealkylation sites (N-methyl/N-ethyl adjacent to an activating group) is 1. The number of piperazine rings is 1. The molecule has 0 aliphatic carbocycles. The fourth-order valence-electron chi connectivity index (χ4n) is 3.31. The van der Waals surface area contributed by atoms with Crippen molar-refractivity contribution < 1.29 is 4.74 Å². The number of benzene rings is 1. The Kier molecular flexibility index (Phi) is 9.45. The highest BCUT2D eigenvalue weighted by molar-refractivity contribution is 5.79. The average Bonchev–Trinajstić information content (AvgIpc) is 2.68. The largest absolute Gasteiger partial charge is 0.380 e. The van der Waals surface area contributed by atoms with E-state index in [-0.39, 0.29) is 0 Å². The van der Waals surface area contributed by atoms with E-state index in [1.807, 2.05) is 14.0 Å². The maximum atomic E-state index is 5.34. The monoisotopic (exact) mass is 361 g/mol. The van der Waals surface area contributed by atoms with Gasteiger partial charge in [0.05, 0.1) is 6.61 Å². The lowest BCUT2D eigenvalue weighted by atomic mass is 10.0. The highest BCUT2D eigenvalue weighted by Gasteiger charge is 2.25. The van der Waals surface area contributed by atoms with E-state index in [0.29, 0.717) is 12.6 Å². The Bertz CT molecular complexity index is 522. The van der Waals surface area contributed by atoms with E-state index in [0.717, 1.165) is 58.3 Å². The van der Waals surface area contributed by atoms with E-state index in [1.54, 1.807) is 0 Å². The van der Waals surface area contributed by atoms with Gasteiger partial charge in [-0.05, 0) is 26.0 Å². The Morgan fingerprint density at radius 3 is 2.69 bits per heavy atom. The van der Waals surface area contributed by atoms with Gasteiger partial charge in [-0.15, -0.1) is 0 Å². The van der Waals surface area contributed by atoms with E-state index < -0.39 is 0 Å². The molecule has 6 heteroatoms. The summed E-state index contributed by atoms with van der Waals surface area (Å²) in [6.45, 7) is 9.61. The molecule has 26 heavy (non-hydrogen) atoms. The highest BCUT2D eigenvalue weighted by atomic mass is 16.5. The summed E-state index contributed by atoms with van der Waals surface area (Å²) in [6.07, 6.45) is 1.10. The number of nitrogens with one attached hydrogen (secondary N) is 2. The molecule has 1 aliphatic heterocycles. The van der Waals surface area contributed by atoms with Crippen LogP contribution < -0.4 is 10.6 Å². The molecular weight excluding hydrogens is 326 g/mol. The van der Waals surface area contributed by atoms with Crippen LogP contribution in [0.15, 0.2) is 35.3 Å². The van der Waals surface area contributed by atoms with Crippen molar-refractivity contribution in [3.05, 3.63) is 35.9 Å². The third kappa shape index (κ3) is 6.94. The van der Waals surface area contributed by atoms with Crippen LogP contribution in [0, 0.1) is 0 Å². The van der Waals surface area contributed by atoms with Gasteiger partial charge in [0.1, 0.15) is 0 Å². The number of guanidine groups is 1. The quantitative estimate of drug-likeness (QED) is 0.397. The number of nitrogens with zero attached hydrogens (tertiary/aromatic N) is 3. The van der Waals surface area contributed by atoms with Gasteiger partial charge in [0.15, 0.2) is 5.96 Å². The molecule has 0 aromatic heterocycles. The van der Waals surface area contributed by atoms with E-state index in [9.17, 15) is 0 Å². The first-order valence-electron chi connectivity index (χ1n) is 9.74. The Morgan fingerprint density at radius 2 is 1.96 bits per heavy atom. The smallest absolute Gasteiger partial charge is 0.191 e. The molecule has 0 saturated carbocycles. The fourth-order valence-corrected chi connectivity index (χ4v) is 3.31. The summed E-state index contributed by atoms with van der Waals surface area (Å²) < 4.78 is 5.34. The topological polar surface area (TPSA) is 52.1 Å². The van der Waals surface area contributed by atoms with Crippen molar-refractivity contribution in [1.82, 2.24) is 20.4 Å². The predicted molar refractivity (Wildman–Crippen MR) is 109 cm³/mol. The summed E-state index contributed by atoms with van der Waals surface area (Å²) in [6, 6.07) is 11.4. The van der Waals surface area contributed by atoms with Crippen LogP contribution in [0.5, 0.6) is 0 Å². The maximum Gasteiger partial charge on any atom is 0.191 e. The minimum Gasteiger partial charge on any atom is -0.380 e. The zero-order chi connectivity index (χ0) is 18.6. The second-order valence-electron chi connectivity index (χ2n) is 6.70. The number of rotatable bonds is 9. The van der Waals surface area contributed by atoms with E-state index in [1.165, 1.54) is 5.56 Å². The molecule has 6 nitrogen and oxygen atoms in total. The Labute approximate surface area is 158 Å². The molecule has 0 amide bonds. The van der Waals surface area contributed by atoms with Crippen molar-refractivity contribution in [2.45, 2.75) is 19.4 Å². The van der Waals surface area contributed by atoms with Crippen molar-refractivity contribution >= 4 is 5.96 Å². The Morgan fingerprint density at radius 1 is 1.19 bits per heavy atom. The van der Waals surface area contributed by atoms with Gasteiger partial charge in [-0.25, -0.2) is 0 Å². The summed E-state index contributed by atoms with van der Waals surface area (Å²) in [4.78, 5) is 9.30. The van der Waals surface area contributed by atoms with Gasteiger partial charge in [-0.2, -0.15) is 0 Å². The van der Waals surface area contributed by atoms with Crippen LogP contribution in [-0.4, -0.2) is 82.3 Å². The molecule has 2 N–H and O–H groups in total. The van der Waals surface area contributed by atoms with Crippen molar-refractivity contribution in [3.8, 4) is 0 Å². The second-order valence-corrected chi connectivity index (χ2v) is 6.70. The molecule has 1 unspecified atom stereocenters. The molecule has 1 atom stereocenters. The molecule has 1 aromatic rings. The van der Waals surface area contributed by atoms with E-state index in [2.05, 4.69) is 62.8 Å². The summed E-state index contributed by atoms with van der Waals surface area (Å²) in [5.74, 6) is 0.850. The minimum atomic E-state index is 0.485. The van der Waals surface area contributed by atoms with Crippen LogP contribution in [0.4, 0.5) is 0 Å². The fraction of sp³-hybridized carbons (Fsp3) is 0.650. The van der Waals surface area contributed by atoms with E-state index in [4.69, 9.17) is 4.74 Å². The number of ether oxygens (including phenoxy) is 1. The lowest BCUT2D eigenvalue weighted by Gasteiger charge is -2.40. The summed E-state index contributed by atoms with van der Waals surface area (Å²) in [7, 11) is 4.02. The number of hydrogen-bond acceptors (Lipinski definition) is 4. The van der Waals surface area contributed by atoms with E-state index >= 15 is 0 Å². The molecule has 1 fully saturated rings. The second kappa shape index (κ2) is 11.9. The Hall–Kier alpha value is -1.63. The number of hydrogen-bond donors (Lipinski definition) is 2. The van der Waals surface area contributed by atoms with Crippen molar-refractivity contribution in [2.75, 3.05) is 66.6 Å². The lowest BCUT2D eigenvalue weighted by molar-refractivity contribution is 0.0891. The van der Waals surface area contributed by atoms with Crippen LogP contribution in [0.2, 0.25) is 0 Å². The third-order valence-corrected chi connectivity index (χ3v) is 4.76. The van der Waals surface area contributed by atoms with Gasteiger partial charge in [0.25, 0.3) is 0 Å². The molecule has 0 spiro atoms. The molecule has 2 rings (SSSR count). The Balaban J connectivity index is 1.74. The first kappa shape index (κ1) is 20.7. The molecule has 1 heterocycles. The normalized spacial score (nSPS) is 19.5. The highest BCUT2D eigenvalue weighted by Crippen LogP contribution is 2.24. The molecular formula is C20H35N5O. The molecule has 146 valence electrons. The standard InChI is InChI=1S/C20H35N5O/c1-4-26-16-12-23-20(21-2)22-11-8-13-25-15-14-24(3)17-19(25)18-9-6-5-7-10-18/h5-7,9-10,19H,4,8,11-17H2,1-3H3,(H2,21,22,23). The summed E-state index contributed by atoms with van der Waals surface area (Å²) in [5, 5.41) is 6.67. The van der Waals surface area contributed by atoms with Gasteiger partial charge < -0.3 is 20.3 Å².